The Hall–Kier alpha value is -3.34. The summed E-state index contributed by atoms with van der Waals surface area (Å²) in [5, 5.41) is 11.3. The summed E-state index contributed by atoms with van der Waals surface area (Å²) in [5.74, 6) is -1.59. The van der Waals surface area contributed by atoms with E-state index in [4.69, 9.17) is 5.26 Å². The number of hydrogen-bond donors (Lipinski definition) is 1. The predicted molar refractivity (Wildman–Crippen MR) is 89.6 cm³/mol. The normalized spacial score (nSPS) is 12.0. The molecular formula is C19H15F3N2O3. The van der Waals surface area contributed by atoms with Crippen molar-refractivity contribution in [2.45, 2.75) is 18.6 Å². The van der Waals surface area contributed by atoms with Crippen LogP contribution in [-0.4, -0.2) is 25.0 Å². The lowest BCUT2D eigenvalue weighted by molar-refractivity contribution is -0.143. The highest BCUT2D eigenvalue weighted by molar-refractivity contribution is 5.97. The average Bonchev–Trinajstić information content (AvgIpc) is 2.66. The maximum atomic E-state index is 12.8. The summed E-state index contributed by atoms with van der Waals surface area (Å²) >= 11 is 0. The zero-order chi connectivity index (χ0) is 20.0. The minimum atomic E-state index is -4.59. The van der Waals surface area contributed by atoms with Gasteiger partial charge in [-0.25, -0.2) is 4.79 Å². The summed E-state index contributed by atoms with van der Waals surface area (Å²) in [6.45, 7) is 0. The van der Waals surface area contributed by atoms with Crippen LogP contribution in [0.1, 0.15) is 27.0 Å². The zero-order valence-corrected chi connectivity index (χ0v) is 14.2. The van der Waals surface area contributed by atoms with E-state index in [0.717, 1.165) is 19.2 Å². The molecule has 1 atom stereocenters. The number of halogens is 3. The molecule has 2 aromatic carbocycles. The molecule has 0 aliphatic heterocycles. The number of carbonyl (C=O) groups is 2. The molecule has 0 aliphatic rings. The van der Waals surface area contributed by atoms with Gasteiger partial charge in [-0.05, 0) is 35.9 Å². The quantitative estimate of drug-likeness (QED) is 0.814. The van der Waals surface area contributed by atoms with E-state index in [1.54, 1.807) is 24.3 Å². The van der Waals surface area contributed by atoms with Crippen molar-refractivity contribution in [3.8, 4) is 6.07 Å². The van der Waals surface area contributed by atoms with Crippen molar-refractivity contribution < 1.29 is 27.5 Å². The van der Waals surface area contributed by atoms with Crippen molar-refractivity contribution in [2.75, 3.05) is 7.11 Å². The molecule has 27 heavy (non-hydrogen) atoms. The third-order valence-corrected chi connectivity index (χ3v) is 3.74. The summed E-state index contributed by atoms with van der Waals surface area (Å²) in [7, 11) is 1.14. The van der Waals surface area contributed by atoms with Gasteiger partial charge in [-0.2, -0.15) is 18.4 Å². The second-order valence-corrected chi connectivity index (χ2v) is 5.64. The third kappa shape index (κ3) is 5.31. The van der Waals surface area contributed by atoms with Crippen molar-refractivity contribution in [1.82, 2.24) is 5.32 Å². The Bertz CT molecular complexity index is 888. The minimum Gasteiger partial charge on any atom is -0.467 e. The molecule has 1 N–H and O–H groups in total. The number of methoxy groups -OCH3 is 1. The second-order valence-electron chi connectivity index (χ2n) is 5.64. The van der Waals surface area contributed by atoms with Crippen LogP contribution >= 0.6 is 0 Å². The molecule has 0 radical (unpaired) electrons. The molecule has 2 aromatic rings. The Kier molecular flexibility index (Phi) is 6.19. The number of benzene rings is 2. The Balaban J connectivity index is 2.22. The van der Waals surface area contributed by atoms with Crippen LogP contribution in [0.5, 0.6) is 0 Å². The molecule has 0 fully saturated rings. The van der Waals surface area contributed by atoms with Gasteiger partial charge >= 0.3 is 12.1 Å². The van der Waals surface area contributed by atoms with Gasteiger partial charge < -0.3 is 10.1 Å². The van der Waals surface area contributed by atoms with E-state index in [1.165, 1.54) is 6.07 Å². The molecule has 5 nitrogen and oxygen atoms in total. The van der Waals surface area contributed by atoms with Crippen LogP contribution in [0, 0.1) is 11.3 Å². The Morgan fingerprint density at radius 1 is 1.19 bits per heavy atom. The van der Waals surface area contributed by atoms with Crippen LogP contribution < -0.4 is 5.32 Å². The van der Waals surface area contributed by atoms with E-state index >= 15 is 0 Å². The molecule has 0 saturated heterocycles. The van der Waals surface area contributed by atoms with E-state index in [2.05, 4.69) is 10.1 Å². The van der Waals surface area contributed by atoms with Crippen LogP contribution in [0.25, 0.3) is 0 Å². The first-order valence-electron chi connectivity index (χ1n) is 7.79. The van der Waals surface area contributed by atoms with Gasteiger partial charge in [-0.1, -0.05) is 18.2 Å². The maximum Gasteiger partial charge on any atom is 0.416 e. The van der Waals surface area contributed by atoms with Gasteiger partial charge in [-0.15, -0.1) is 0 Å². The number of ether oxygens (including phenoxy) is 1. The number of esters is 1. The van der Waals surface area contributed by atoms with E-state index in [1.807, 2.05) is 6.07 Å². The van der Waals surface area contributed by atoms with Crippen molar-refractivity contribution in [3.63, 3.8) is 0 Å². The Morgan fingerprint density at radius 3 is 2.52 bits per heavy atom. The molecule has 0 saturated carbocycles. The summed E-state index contributed by atoms with van der Waals surface area (Å²) in [4.78, 5) is 24.3. The van der Waals surface area contributed by atoms with Gasteiger partial charge in [0.05, 0.1) is 24.3 Å². The number of carbonyl (C=O) groups excluding carboxylic acids is 2. The molecule has 0 bridgehead atoms. The van der Waals surface area contributed by atoms with E-state index in [0.29, 0.717) is 17.2 Å². The summed E-state index contributed by atoms with van der Waals surface area (Å²) < 4.78 is 43.1. The maximum absolute atomic E-state index is 12.8. The van der Waals surface area contributed by atoms with Crippen molar-refractivity contribution >= 4 is 11.9 Å². The largest absolute Gasteiger partial charge is 0.467 e. The number of alkyl halides is 3. The van der Waals surface area contributed by atoms with Crippen LogP contribution in [0.2, 0.25) is 0 Å². The molecule has 0 aliphatic carbocycles. The lowest BCUT2D eigenvalue weighted by Gasteiger charge is -2.17. The SMILES string of the molecule is COC(=O)[C@H](Cc1cccc(C#N)c1)NC(=O)c1cccc(C(F)(F)F)c1. The highest BCUT2D eigenvalue weighted by Gasteiger charge is 2.31. The monoisotopic (exact) mass is 376 g/mol. The number of nitrogens with one attached hydrogen (secondary N) is 1. The van der Waals surface area contributed by atoms with Crippen LogP contribution in [0.15, 0.2) is 48.5 Å². The molecule has 1 amide bonds. The standard InChI is InChI=1S/C19H15F3N2O3/c1-27-18(26)16(9-12-4-2-5-13(8-12)11-23)24-17(25)14-6-3-7-15(10-14)19(20,21)22/h2-8,10,16H,9H2,1H3,(H,24,25)/t16-/m0/s1. The van der Waals surface area contributed by atoms with E-state index < -0.39 is 29.7 Å². The van der Waals surface area contributed by atoms with Crippen molar-refractivity contribution in [2.24, 2.45) is 0 Å². The van der Waals surface area contributed by atoms with Crippen LogP contribution in [0.4, 0.5) is 13.2 Å². The smallest absolute Gasteiger partial charge is 0.416 e. The highest BCUT2D eigenvalue weighted by atomic mass is 19.4. The lowest BCUT2D eigenvalue weighted by atomic mass is 10.0. The molecule has 0 spiro atoms. The van der Waals surface area contributed by atoms with E-state index in [-0.39, 0.29) is 12.0 Å². The molecule has 2 rings (SSSR count). The van der Waals surface area contributed by atoms with Gasteiger partial charge in [0.2, 0.25) is 0 Å². The number of nitrogens with zero attached hydrogens (tertiary/aromatic N) is 1. The van der Waals surface area contributed by atoms with Gasteiger partial charge in [0.1, 0.15) is 6.04 Å². The zero-order valence-electron chi connectivity index (χ0n) is 14.2. The first-order chi connectivity index (χ1) is 12.7. The predicted octanol–water partition coefficient (Wildman–Crippen LogP) is 3.09. The van der Waals surface area contributed by atoms with Gasteiger partial charge in [0, 0.05) is 12.0 Å². The summed E-state index contributed by atoms with van der Waals surface area (Å²) in [6, 6.07) is 11.1. The van der Waals surface area contributed by atoms with Crippen molar-refractivity contribution in [1.29, 1.82) is 5.26 Å². The fourth-order valence-corrected chi connectivity index (χ4v) is 2.42. The second kappa shape index (κ2) is 8.36. The highest BCUT2D eigenvalue weighted by Crippen LogP contribution is 2.29. The average molecular weight is 376 g/mol. The Morgan fingerprint density at radius 2 is 1.89 bits per heavy atom. The third-order valence-electron chi connectivity index (χ3n) is 3.74. The van der Waals surface area contributed by atoms with Crippen molar-refractivity contribution in [3.05, 3.63) is 70.8 Å². The topological polar surface area (TPSA) is 79.2 Å². The van der Waals surface area contributed by atoms with Gasteiger partial charge in [0.15, 0.2) is 0 Å². The first kappa shape index (κ1) is 20.0. The van der Waals surface area contributed by atoms with Crippen LogP contribution in [-0.2, 0) is 22.1 Å². The number of rotatable bonds is 5. The number of amides is 1. The number of hydrogen-bond acceptors (Lipinski definition) is 4. The molecular weight excluding hydrogens is 361 g/mol. The first-order valence-corrected chi connectivity index (χ1v) is 7.79. The minimum absolute atomic E-state index is 0.0207. The molecule has 8 heteroatoms. The molecule has 0 heterocycles. The fraction of sp³-hybridized carbons (Fsp3) is 0.211. The summed E-state index contributed by atoms with van der Waals surface area (Å²) in [6.07, 6.45) is -4.57. The van der Waals surface area contributed by atoms with E-state index in [9.17, 15) is 22.8 Å². The molecule has 140 valence electrons. The van der Waals surface area contributed by atoms with Gasteiger partial charge in [-0.3, -0.25) is 4.79 Å². The molecule has 0 unspecified atom stereocenters. The van der Waals surface area contributed by atoms with Gasteiger partial charge in [0.25, 0.3) is 5.91 Å². The summed E-state index contributed by atoms with van der Waals surface area (Å²) in [5.41, 5.74) is -0.231. The number of nitriles is 1. The fourth-order valence-electron chi connectivity index (χ4n) is 2.42. The lowest BCUT2D eigenvalue weighted by Crippen LogP contribution is -2.43. The Labute approximate surface area is 153 Å². The molecule has 0 aromatic heterocycles. The van der Waals surface area contributed by atoms with Crippen LogP contribution in [0.3, 0.4) is 0 Å².